The summed E-state index contributed by atoms with van der Waals surface area (Å²) >= 11 is 0. The lowest BCUT2D eigenvalue weighted by molar-refractivity contribution is -0.157. The molecule has 0 saturated carbocycles. The van der Waals surface area contributed by atoms with E-state index >= 15 is 0 Å². The van der Waals surface area contributed by atoms with Crippen LogP contribution in [0.15, 0.2) is 0 Å². The maximum absolute atomic E-state index is 12.7. The monoisotopic (exact) mass is 276 g/mol. The lowest BCUT2D eigenvalue weighted by Crippen LogP contribution is -2.68. The van der Waals surface area contributed by atoms with Crippen LogP contribution >= 0.6 is 0 Å². The van der Waals surface area contributed by atoms with Crippen molar-refractivity contribution in [3.05, 3.63) is 0 Å². The fraction of sp³-hybridized carbons (Fsp3) is 0.846. The third-order valence-corrected chi connectivity index (χ3v) is 3.23. The van der Waals surface area contributed by atoms with E-state index in [1.54, 1.807) is 34.6 Å². The molecule has 0 spiro atoms. The van der Waals surface area contributed by atoms with E-state index in [1.807, 2.05) is 0 Å². The number of piperazine rings is 1. The van der Waals surface area contributed by atoms with Gasteiger partial charge in [0.05, 0.1) is 6.54 Å². The summed E-state index contributed by atoms with van der Waals surface area (Å²) in [6.45, 7) is 8.15. The highest BCUT2D eigenvalue weighted by atomic mass is 19.3. The van der Waals surface area contributed by atoms with Crippen molar-refractivity contribution >= 4 is 11.8 Å². The molecular weight excluding hydrogens is 254 g/mol. The van der Waals surface area contributed by atoms with Crippen LogP contribution in [0.4, 0.5) is 8.78 Å². The van der Waals surface area contributed by atoms with Crippen molar-refractivity contribution in [1.29, 1.82) is 0 Å². The Balaban J connectivity index is 3.11. The number of alkyl halides is 2. The number of amides is 2. The molecule has 2 atom stereocenters. The van der Waals surface area contributed by atoms with Gasteiger partial charge in [-0.2, -0.15) is 0 Å². The first-order valence-electron chi connectivity index (χ1n) is 6.44. The molecule has 0 aromatic rings. The van der Waals surface area contributed by atoms with Gasteiger partial charge in [0.25, 0.3) is 6.43 Å². The van der Waals surface area contributed by atoms with Crippen molar-refractivity contribution in [2.75, 3.05) is 6.54 Å². The average Bonchev–Trinajstić information content (AvgIpc) is 2.19. The molecule has 1 fully saturated rings. The molecule has 0 aromatic heterocycles. The number of nitrogens with zero attached hydrogens (tertiary/aromatic N) is 1. The summed E-state index contributed by atoms with van der Waals surface area (Å²) in [5.41, 5.74) is -0.587. The Labute approximate surface area is 112 Å². The molecular formula is C13H22F2N2O2. The number of carbonyl (C=O) groups excluding carboxylic acids is 2. The summed E-state index contributed by atoms with van der Waals surface area (Å²) in [6, 6.07) is -1.58. The molecule has 110 valence electrons. The van der Waals surface area contributed by atoms with E-state index in [0.29, 0.717) is 0 Å². The van der Waals surface area contributed by atoms with Gasteiger partial charge < -0.3 is 10.2 Å². The minimum atomic E-state index is -2.65. The van der Waals surface area contributed by atoms with E-state index in [0.717, 1.165) is 4.90 Å². The van der Waals surface area contributed by atoms with Gasteiger partial charge in [-0.3, -0.25) is 9.59 Å². The highest BCUT2D eigenvalue weighted by Gasteiger charge is 2.47. The van der Waals surface area contributed by atoms with Crippen LogP contribution in [0.2, 0.25) is 0 Å². The SMILES string of the molecule is CC(C)C1NC(=O)C(C(C)(C)C)N(CC(F)F)C1=O. The van der Waals surface area contributed by atoms with Gasteiger partial charge in [0.2, 0.25) is 11.8 Å². The van der Waals surface area contributed by atoms with Crippen molar-refractivity contribution in [3.8, 4) is 0 Å². The maximum atomic E-state index is 12.7. The van der Waals surface area contributed by atoms with Crippen molar-refractivity contribution < 1.29 is 18.4 Å². The second kappa shape index (κ2) is 5.43. The number of hydrogen-bond acceptors (Lipinski definition) is 2. The zero-order valence-electron chi connectivity index (χ0n) is 12.0. The molecule has 0 radical (unpaired) electrons. The first-order chi connectivity index (χ1) is 8.55. The van der Waals surface area contributed by atoms with Crippen molar-refractivity contribution in [2.45, 2.75) is 53.1 Å². The minimum absolute atomic E-state index is 0.127. The number of nitrogens with one attached hydrogen (secondary N) is 1. The summed E-state index contributed by atoms with van der Waals surface area (Å²) < 4.78 is 25.4. The van der Waals surface area contributed by atoms with Crippen LogP contribution < -0.4 is 5.32 Å². The highest BCUT2D eigenvalue weighted by molar-refractivity contribution is 5.97. The van der Waals surface area contributed by atoms with Gasteiger partial charge in [-0.1, -0.05) is 34.6 Å². The first kappa shape index (κ1) is 15.9. The molecule has 0 bridgehead atoms. The molecule has 1 aliphatic heterocycles. The minimum Gasteiger partial charge on any atom is -0.342 e. The Hall–Kier alpha value is -1.20. The Bertz CT molecular complexity index is 364. The van der Waals surface area contributed by atoms with Crippen LogP contribution in [0.3, 0.4) is 0 Å². The summed E-state index contributed by atoms with van der Waals surface area (Å²) in [4.78, 5) is 25.5. The Kier molecular flexibility index (Phi) is 4.53. The number of halogens is 2. The Morgan fingerprint density at radius 2 is 1.79 bits per heavy atom. The van der Waals surface area contributed by atoms with Gasteiger partial charge in [0.1, 0.15) is 12.1 Å². The maximum Gasteiger partial charge on any atom is 0.255 e. The summed E-state index contributed by atoms with van der Waals surface area (Å²) in [5, 5.41) is 2.65. The van der Waals surface area contributed by atoms with Crippen molar-refractivity contribution in [3.63, 3.8) is 0 Å². The molecule has 6 heteroatoms. The topological polar surface area (TPSA) is 49.4 Å². The molecule has 0 aromatic carbocycles. The first-order valence-corrected chi connectivity index (χ1v) is 6.44. The van der Waals surface area contributed by atoms with Gasteiger partial charge >= 0.3 is 0 Å². The van der Waals surface area contributed by atoms with E-state index in [2.05, 4.69) is 5.32 Å². The quantitative estimate of drug-likeness (QED) is 0.852. The van der Waals surface area contributed by atoms with Crippen LogP contribution in [-0.4, -0.2) is 41.8 Å². The molecule has 0 aliphatic carbocycles. The van der Waals surface area contributed by atoms with E-state index in [-0.39, 0.29) is 11.8 Å². The second-order valence-electron chi connectivity index (χ2n) is 6.38. The van der Waals surface area contributed by atoms with Gasteiger partial charge in [-0.05, 0) is 11.3 Å². The summed E-state index contributed by atoms with van der Waals surface area (Å²) in [6.07, 6.45) is -2.65. The zero-order chi connectivity index (χ0) is 15.0. The molecule has 1 N–H and O–H groups in total. The number of rotatable bonds is 3. The largest absolute Gasteiger partial charge is 0.342 e. The zero-order valence-corrected chi connectivity index (χ0v) is 12.0. The fourth-order valence-electron chi connectivity index (χ4n) is 2.40. The molecule has 1 saturated heterocycles. The molecule has 1 aliphatic rings. The molecule has 1 rings (SSSR count). The lowest BCUT2D eigenvalue weighted by atomic mass is 9.82. The Morgan fingerprint density at radius 3 is 2.16 bits per heavy atom. The molecule has 4 nitrogen and oxygen atoms in total. The Morgan fingerprint density at radius 1 is 1.26 bits per heavy atom. The van der Waals surface area contributed by atoms with Gasteiger partial charge in [-0.15, -0.1) is 0 Å². The van der Waals surface area contributed by atoms with Crippen LogP contribution in [0, 0.1) is 11.3 Å². The van der Waals surface area contributed by atoms with E-state index < -0.39 is 36.4 Å². The highest BCUT2D eigenvalue weighted by Crippen LogP contribution is 2.29. The standard InChI is InChI=1S/C13H22F2N2O2/c1-7(2)9-12(19)17(6-8(14)15)10(11(18)16-9)13(3,4)5/h7-10H,6H2,1-5H3,(H,16,18). The van der Waals surface area contributed by atoms with Crippen molar-refractivity contribution in [2.24, 2.45) is 11.3 Å². The van der Waals surface area contributed by atoms with Crippen LogP contribution in [0.25, 0.3) is 0 Å². The number of hydrogen-bond donors (Lipinski definition) is 1. The van der Waals surface area contributed by atoms with E-state index in [4.69, 9.17) is 0 Å². The van der Waals surface area contributed by atoms with Crippen LogP contribution in [-0.2, 0) is 9.59 Å². The predicted octanol–water partition coefficient (Wildman–Crippen LogP) is 1.65. The molecule has 2 unspecified atom stereocenters. The smallest absolute Gasteiger partial charge is 0.255 e. The molecule has 2 amide bonds. The summed E-state index contributed by atoms with van der Waals surface area (Å²) in [5.74, 6) is -0.904. The second-order valence-corrected chi connectivity index (χ2v) is 6.38. The normalized spacial score (nSPS) is 25.2. The average molecular weight is 276 g/mol. The predicted molar refractivity (Wildman–Crippen MR) is 67.7 cm³/mol. The van der Waals surface area contributed by atoms with Crippen LogP contribution in [0.1, 0.15) is 34.6 Å². The van der Waals surface area contributed by atoms with Gasteiger partial charge in [0.15, 0.2) is 0 Å². The molecule has 1 heterocycles. The van der Waals surface area contributed by atoms with Gasteiger partial charge in [0, 0.05) is 0 Å². The summed E-state index contributed by atoms with van der Waals surface area (Å²) in [7, 11) is 0. The number of carbonyl (C=O) groups is 2. The van der Waals surface area contributed by atoms with Crippen molar-refractivity contribution in [1.82, 2.24) is 10.2 Å². The van der Waals surface area contributed by atoms with Gasteiger partial charge in [-0.25, -0.2) is 8.78 Å². The van der Waals surface area contributed by atoms with E-state index in [1.165, 1.54) is 0 Å². The third-order valence-electron chi connectivity index (χ3n) is 3.23. The fourth-order valence-corrected chi connectivity index (χ4v) is 2.40. The van der Waals surface area contributed by atoms with E-state index in [9.17, 15) is 18.4 Å². The third kappa shape index (κ3) is 3.42. The molecule has 19 heavy (non-hydrogen) atoms. The lowest BCUT2D eigenvalue weighted by Gasteiger charge is -2.45. The van der Waals surface area contributed by atoms with Crippen LogP contribution in [0.5, 0.6) is 0 Å².